The van der Waals surface area contributed by atoms with Crippen LogP contribution in [-0.4, -0.2) is 57.0 Å². The van der Waals surface area contributed by atoms with Gasteiger partial charge in [-0.05, 0) is 25.0 Å². The van der Waals surface area contributed by atoms with E-state index in [1.165, 1.54) is 5.56 Å². The van der Waals surface area contributed by atoms with Crippen LogP contribution in [-0.2, 0) is 11.2 Å². The number of rotatable bonds is 7. The fourth-order valence-electron chi connectivity index (χ4n) is 3.17. The van der Waals surface area contributed by atoms with E-state index in [-0.39, 0.29) is 0 Å². The summed E-state index contributed by atoms with van der Waals surface area (Å²) < 4.78 is 13.1. The normalized spacial score (nSPS) is 14.6. The Morgan fingerprint density at radius 1 is 1.04 bits per heavy atom. The molecule has 9 heteroatoms. The Bertz CT molecular complexity index is 919. The van der Waals surface area contributed by atoms with Crippen LogP contribution in [0.2, 0.25) is 0 Å². The van der Waals surface area contributed by atoms with Gasteiger partial charge in [0, 0.05) is 32.2 Å². The molecule has 28 heavy (non-hydrogen) atoms. The number of nitrogens with zero attached hydrogens (tertiary/aromatic N) is 6. The minimum Gasteiger partial charge on any atom is -0.426 e. The monoisotopic (exact) mass is 400 g/mol. The molecule has 0 aliphatic carbocycles. The van der Waals surface area contributed by atoms with Crippen LogP contribution in [0.1, 0.15) is 23.8 Å². The van der Waals surface area contributed by atoms with Crippen LogP contribution in [0.5, 0.6) is 0 Å². The van der Waals surface area contributed by atoms with E-state index in [9.17, 15) is 0 Å². The predicted molar refractivity (Wildman–Crippen MR) is 107 cm³/mol. The van der Waals surface area contributed by atoms with Crippen molar-refractivity contribution in [3.8, 4) is 5.69 Å². The highest BCUT2D eigenvalue weighted by atomic mass is 32.2. The lowest BCUT2D eigenvalue weighted by Gasteiger charge is -2.28. The van der Waals surface area contributed by atoms with E-state index in [1.54, 1.807) is 11.8 Å². The van der Waals surface area contributed by atoms with Gasteiger partial charge in [0.2, 0.25) is 17.7 Å². The van der Waals surface area contributed by atoms with Gasteiger partial charge in [-0.3, -0.25) is 4.57 Å². The van der Waals surface area contributed by atoms with Crippen molar-refractivity contribution in [3.05, 3.63) is 41.6 Å². The van der Waals surface area contributed by atoms with Gasteiger partial charge < -0.3 is 14.1 Å². The maximum atomic E-state index is 5.50. The van der Waals surface area contributed by atoms with Gasteiger partial charge in [0.15, 0.2) is 5.16 Å². The van der Waals surface area contributed by atoms with Crippen molar-refractivity contribution in [2.45, 2.75) is 31.8 Å². The first-order chi connectivity index (χ1) is 13.7. The number of para-hydroxylation sites is 1. The van der Waals surface area contributed by atoms with Crippen LogP contribution in [0, 0.1) is 13.8 Å². The Labute approximate surface area is 168 Å². The minimum absolute atomic E-state index is 0.608. The van der Waals surface area contributed by atoms with E-state index < -0.39 is 0 Å². The number of ether oxygens (including phenoxy) is 1. The average molecular weight is 401 g/mol. The fraction of sp³-hybridized carbons (Fsp3) is 0.474. The standard InChI is InChI=1S/C19H24N6O2S/c1-14-6-3-4-7-16(14)25-18(24-9-11-26-12-10-24)22-23-19(25)28-13-5-8-17-21-20-15(2)27-17/h3-4,6-7H,5,8-13H2,1-2H3. The topological polar surface area (TPSA) is 82.1 Å². The fourth-order valence-corrected chi connectivity index (χ4v) is 4.05. The molecule has 8 nitrogen and oxygen atoms in total. The van der Waals surface area contributed by atoms with Gasteiger partial charge in [-0.25, -0.2) is 0 Å². The summed E-state index contributed by atoms with van der Waals surface area (Å²) in [4.78, 5) is 2.24. The smallest absolute Gasteiger partial charge is 0.232 e. The van der Waals surface area contributed by atoms with Crippen LogP contribution in [0.3, 0.4) is 0 Å². The van der Waals surface area contributed by atoms with Crippen molar-refractivity contribution in [2.75, 3.05) is 37.0 Å². The van der Waals surface area contributed by atoms with Crippen molar-refractivity contribution in [1.29, 1.82) is 0 Å². The highest BCUT2D eigenvalue weighted by molar-refractivity contribution is 7.99. The quantitative estimate of drug-likeness (QED) is 0.442. The molecule has 0 radical (unpaired) electrons. The molecule has 0 N–H and O–H groups in total. The third-order valence-electron chi connectivity index (χ3n) is 4.60. The second-order valence-corrected chi connectivity index (χ2v) is 7.73. The van der Waals surface area contributed by atoms with Crippen LogP contribution < -0.4 is 4.90 Å². The third kappa shape index (κ3) is 4.20. The molecule has 0 saturated carbocycles. The van der Waals surface area contributed by atoms with E-state index in [2.05, 4.69) is 61.1 Å². The summed E-state index contributed by atoms with van der Waals surface area (Å²) in [5, 5.41) is 17.9. The van der Waals surface area contributed by atoms with Gasteiger partial charge in [-0.15, -0.1) is 20.4 Å². The minimum atomic E-state index is 0.608. The lowest BCUT2D eigenvalue weighted by atomic mass is 10.2. The first kappa shape index (κ1) is 18.9. The van der Waals surface area contributed by atoms with Crippen LogP contribution in [0.4, 0.5) is 5.95 Å². The Balaban J connectivity index is 1.52. The highest BCUT2D eigenvalue weighted by Crippen LogP contribution is 2.29. The summed E-state index contributed by atoms with van der Waals surface area (Å²) in [5.41, 5.74) is 2.31. The molecule has 1 fully saturated rings. The van der Waals surface area contributed by atoms with E-state index in [4.69, 9.17) is 9.15 Å². The van der Waals surface area contributed by atoms with Gasteiger partial charge in [-0.2, -0.15) is 0 Å². The van der Waals surface area contributed by atoms with Crippen molar-refractivity contribution in [2.24, 2.45) is 0 Å². The molecule has 1 aliphatic heterocycles. The Morgan fingerprint density at radius 3 is 2.61 bits per heavy atom. The third-order valence-corrected chi connectivity index (χ3v) is 5.62. The van der Waals surface area contributed by atoms with Crippen molar-refractivity contribution in [1.82, 2.24) is 25.0 Å². The van der Waals surface area contributed by atoms with Gasteiger partial charge in [0.1, 0.15) is 0 Å². The molecular weight excluding hydrogens is 376 g/mol. The number of morpholine rings is 1. The maximum absolute atomic E-state index is 5.50. The lowest BCUT2D eigenvalue weighted by molar-refractivity contribution is 0.122. The highest BCUT2D eigenvalue weighted by Gasteiger charge is 2.22. The summed E-state index contributed by atoms with van der Waals surface area (Å²) in [6.45, 7) is 7.00. The molecule has 1 aliphatic rings. The Hall–Kier alpha value is -2.39. The van der Waals surface area contributed by atoms with Crippen molar-refractivity contribution >= 4 is 17.7 Å². The molecule has 0 spiro atoms. The van der Waals surface area contributed by atoms with E-state index >= 15 is 0 Å². The first-order valence-electron chi connectivity index (χ1n) is 9.48. The number of benzene rings is 1. The summed E-state index contributed by atoms with van der Waals surface area (Å²) in [6.07, 6.45) is 1.70. The van der Waals surface area contributed by atoms with Gasteiger partial charge in [-0.1, -0.05) is 30.0 Å². The van der Waals surface area contributed by atoms with E-state index in [0.29, 0.717) is 25.0 Å². The number of thioether (sulfide) groups is 1. The lowest BCUT2D eigenvalue weighted by Crippen LogP contribution is -2.38. The molecule has 0 bridgehead atoms. The van der Waals surface area contributed by atoms with E-state index in [0.717, 1.165) is 48.5 Å². The zero-order valence-corrected chi connectivity index (χ0v) is 17.0. The average Bonchev–Trinajstić information content (AvgIpc) is 3.32. The van der Waals surface area contributed by atoms with Gasteiger partial charge in [0.25, 0.3) is 0 Å². The van der Waals surface area contributed by atoms with Gasteiger partial charge >= 0.3 is 0 Å². The second-order valence-electron chi connectivity index (χ2n) is 6.67. The Kier molecular flexibility index (Phi) is 5.92. The largest absolute Gasteiger partial charge is 0.426 e. The molecule has 1 saturated heterocycles. The van der Waals surface area contributed by atoms with Crippen molar-refractivity contribution in [3.63, 3.8) is 0 Å². The molecule has 0 unspecified atom stereocenters. The molecule has 3 aromatic rings. The number of hydrogen-bond donors (Lipinski definition) is 0. The number of anilines is 1. The van der Waals surface area contributed by atoms with Crippen LogP contribution >= 0.6 is 11.8 Å². The van der Waals surface area contributed by atoms with Crippen molar-refractivity contribution < 1.29 is 9.15 Å². The predicted octanol–water partition coefficient (Wildman–Crippen LogP) is 2.83. The van der Waals surface area contributed by atoms with Crippen LogP contribution in [0.15, 0.2) is 33.8 Å². The summed E-state index contributed by atoms with van der Waals surface area (Å²) >= 11 is 1.70. The maximum Gasteiger partial charge on any atom is 0.232 e. The summed E-state index contributed by atoms with van der Waals surface area (Å²) in [5.74, 6) is 3.08. The molecule has 3 heterocycles. The molecule has 148 valence electrons. The van der Waals surface area contributed by atoms with Crippen LogP contribution in [0.25, 0.3) is 5.69 Å². The van der Waals surface area contributed by atoms with Gasteiger partial charge in [0.05, 0.1) is 18.9 Å². The second kappa shape index (κ2) is 8.74. The molecule has 1 aromatic carbocycles. The SMILES string of the molecule is Cc1nnc(CCCSc2nnc(N3CCOCC3)n2-c2ccccc2C)o1. The molecule has 0 amide bonds. The molecule has 4 rings (SSSR count). The first-order valence-corrected chi connectivity index (χ1v) is 10.5. The summed E-state index contributed by atoms with van der Waals surface area (Å²) in [6, 6.07) is 8.34. The molecule has 2 aromatic heterocycles. The number of hydrogen-bond acceptors (Lipinski definition) is 8. The molecular formula is C19H24N6O2S. The molecule has 0 atom stereocenters. The summed E-state index contributed by atoms with van der Waals surface area (Å²) in [7, 11) is 0. The Morgan fingerprint density at radius 2 is 1.86 bits per heavy atom. The number of aromatic nitrogens is 5. The zero-order chi connectivity index (χ0) is 19.3. The zero-order valence-electron chi connectivity index (χ0n) is 16.2. The van der Waals surface area contributed by atoms with E-state index in [1.807, 2.05) is 6.92 Å². The number of aryl methyl sites for hydroxylation is 3.